The first-order valence-electron chi connectivity index (χ1n) is 6.39. The zero-order valence-corrected chi connectivity index (χ0v) is 11.2. The summed E-state index contributed by atoms with van der Waals surface area (Å²) in [5.74, 6) is 0.981. The lowest BCUT2D eigenvalue weighted by molar-refractivity contribution is -0.120. The van der Waals surface area contributed by atoms with E-state index in [1.54, 1.807) is 0 Å². The minimum Gasteiger partial charge on any atom is -0.494 e. The lowest BCUT2D eigenvalue weighted by Gasteiger charge is -2.06. The van der Waals surface area contributed by atoms with Gasteiger partial charge in [0.1, 0.15) is 5.75 Å². The van der Waals surface area contributed by atoms with Gasteiger partial charge >= 0.3 is 0 Å². The summed E-state index contributed by atoms with van der Waals surface area (Å²) in [6, 6.07) is 7.98. The fourth-order valence-corrected chi connectivity index (χ4v) is 1.59. The fraction of sp³-hybridized carbons (Fsp3) is 0.500. The number of carbonyl (C=O) groups is 1. The van der Waals surface area contributed by atoms with Crippen molar-refractivity contribution in [2.45, 2.75) is 19.8 Å². The maximum absolute atomic E-state index is 11.4. The van der Waals surface area contributed by atoms with E-state index in [1.807, 2.05) is 38.2 Å². The third kappa shape index (κ3) is 5.68. The molecule has 2 N–H and O–H groups in total. The second-order valence-electron chi connectivity index (χ2n) is 4.03. The number of hydrogen-bond acceptors (Lipinski definition) is 3. The van der Waals surface area contributed by atoms with E-state index in [2.05, 4.69) is 10.6 Å². The summed E-state index contributed by atoms with van der Waals surface area (Å²) in [4.78, 5) is 11.4. The van der Waals surface area contributed by atoms with Crippen LogP contribution in [0, 0.1) is 0 Å². The first-order chi connectivity index (χ1) is 8.76. The van der Waals surface area contributed by atoms with Gasteiger partial charge in [-0.2, -0.15) is 0 Å². The van der Waals surface area contributed by atoms with Crippen LogP contribution in [0.5, 0.6) is 5.75 Å². The van der Waals surface area contributed by atoms with Crippen LogP contribution >= 0.6 is 0 Å². The second kappa shape index (κ2) is 8.53. The number of ether oxygens (including phenoxy) is 1. The summed E-state index contributed by atoms with van der Waals surface area (Å²) in [5.41, 5.74) is 1.20. The maximum atomic E-state index is 11.4. The summed E-state index contributed by atoms with van der Waals surface area (Å²) < 4.78 is 5.37. The third-order valence-corrected chi connectivity index (χ3v) is 2.57. The molecule has 1 aromatic carbocycles. The van der Waals surface area contributed by atoms with Crippen molar-refractivity contribution in [2.24, 2.45) is 0 Å². The van der Waals surface area contributed by atoms with Crippen molar-refractivity contribution in [3.05, 3.63) is 29.8 Å². The van der Waals surface area contributed by atoms with E-state index in [9.17, 15) is 4.79 Å². The Balaban J connectivity index is 2.24. The lowest BCUT2D eigenvalue weighted by atomic mass is 10.1. The van der Waals surface area contributed by atoms with Gasteiger partial charge in [-0.3, -0.25) is 4.79 Å². The normalized spacial score (nSPS) is 10.1. The number of benzene rings is 1. The van der Waals surface area contributed by atoms with Crippen LogP contribution in [0.15, 0.2) is 24.3 Å². The highest BCUT2D eigenvalue weighted by molar-refractivity contribution is 5.76. The van der Waals surface area contributed by atoms with Gasteiger partial charge in [-0.1, -0.05) is 12.1 Å². The Hall–Kier alpha value is -1.55. The van der Waals surface area contributed by atoms with E-state index in [-0.39, 0.29) is 5.91 Å². The number of amides is 1. The number of rotatable bonds is 8. The molecule has 4 heteroatoms. The fourth-order valence-electron chi connectivity index (χ4n) is 1.59. The van der Waals surface area contributed by atoms with Gasteiger partial charge in [-0.15, -0.1) is 0 Å². The minimum atomic E-state index is 0.0929. The van der Waals surface area contributed by atoms with Crippen LogP contribution in [-0.4, -0.2) is 32.7 Å². The molecule has 0 saturated heterocycles. The minimum absolute atomic E-state index is 0.0929. The highest BCUT2D eigenvalue weighted by Gasteiger charge is 2.00. The molecule has 0 heterocycles. The Morgan fingerprint density at radius 1 is 1.22 bits per heavy atom. The average Bonchev–Trinajstić information content (AvgIpc) is 2.39. The summed E-state index contributed by atoms with van der Waals surface area (Å²) in [7, 11) is 1.84. The molecule has 0 atom stereocenters. The molecule has 0 aliphatic rings. The molecule has 0 aromatic heterocycles. The smallest absolute Gasteiger partial charge is 0.221 e. The summed E-state index contributed by atoms with van der Waals surface area (Å²) in [6.07, 6.45) is 1.37. The Kier molecular flexibility index (Phi) is 6.87. The molecule has 0 fully saturated rings. The zero-order chi connectivity index (χ0) is 13.2. The van der Waals surface area contributed by atoms with Crippen LogP contribution < -0.4 is 15.4 Å². The van der Waals surface area contributed by atoms with Crippen molar-refractivity contribution < 1.29 is 9.53 Å². The van der Waals surface area contributed by atoms with Gasteiger partial charge in [0, 0.05) is 19.5 Å². The second-order valence-corrected chi connectivity index (χ2v) is 4.03. The largest absolute Gasteiger partial charge is 0.494 e. The Morgan fingerprint density at radius 3 is 2.56 bits per heavy atom. The molecule has 0 bridgehead atoms. The molecule has 1 aromatic rings. The van der Waals surface area contributed by atoms with E-state index in [4.69, 9.17) is 4.74 Å². The zero-order valence-electron chi connectivity index (χ0n) is 11.2. The molecule has 0 aliphatic heterocycles. The van der Waals surface area contributed by atoms with Crippen LogP contribution in [0.25, 0.3) is 0 Å². The first-order valence-corrected chi connectivity index (χ1v) is 6.39. The molecule has 4 nitrogen and oxygen atoms in total. The lowest BCUT2D eigenvalue weighted by Crippen LogP contribution is -2.28. The van der Waals surface area contributed by atoms with Crippen LogP contribution in [-0.2, 0) is 11.2 Å². The van der Waals surface area contributed by atoms with Crippen molar-refractivity contribution in [3.63, 3.8) is 0 Å². The molecule has 1 amide bonds. The first kappa shape index (κ1) is 14.5. The molecule has 0 spiro atoms. The monoisotopic (exact) mass is 250 g/mol. The predicted octanol–water partition coefficient (Wildman–Crippen LogP) is 1.35. The molecule has 1 rings (SSSR count). The van der Waals surface area contributed by atoms with Crippen LogP contribution in [0.2, 0.25) is 0 Å². The Morgan fingerprint density at radius 2 is 1.94 bits per heavy atom. The Bertz CT molecular complexity index is 349. The number of nitrogens with one attached hydrogen (secondary N) is 2. The summed E-state index contributed by atoms with van der Waals surface area (Å²) in [6.45, 7) is 4.04. The molecular formula is C14H22N2O2. The molecule has 100 valence electrons. The highest BCUT2D eigenvalue weighted by Crippen LogP contribution is 2.12. The van der Waals surface area contributed by atoms with Gasteiger partial charge in [-0.25, -0.2) is 0 Å². The summed E-state index contributed by atoms with van der Waals surface area (Å²) in [5, 5.41) is 5.85. The van der Waals surface area contributed by atoms with Gasteiger partial charge in [0.15, 0.2) is 0 Å². The van der Waals surface area contributed by atoms with Gasteiger partial charge in [-0.05, 0) is 38.1 Å². The standard InChI is InChI=1S/C14H22N2O2/c1-3-18-13-6-4-12(5-7-13)8-11-16-14(17)9-10-15-2/h4-7,15H,3,8-11H2,1-2H3,(H,16,17). The van der Waals surface area contributed by atoms with E-state index < -0.39 is 0 Å². The van der Waals surface area contributed by atoms with Gasteiger partial charge in [0.05, 0.1) is 6.61 Å². The van der Waals surface area contributed by atoms with E-state index >= 15 is 0 Å². The molecular weight excluding hydrogens is 228 g/mol. The SMILES string of the molecule is CCOc1ccc(CCNC(=O)CCNC)cc1. The van der Waals surface area contributed by atoms with Crippen molar-refractivity contribution in [1.82, 2.24) is 10.6 Å². The molecule has 18 heavy (non-hydrogen) atoms. The predicted molar refractivity (Wildman–Crippen MR) is 72.9 cm³/mol. The quantitative estimate of drug-likeness (QED) is 0.732. The van der Waals surface area contributed by atoms with E-state index in [1.165, 1.54) is 5.56 Å². The maximum Gasteiger partial charge on any atom is 0.221 e. The van der Waals surface area contributed by atoms with E-state index in [0.717, 1.165) is 18.7 Å². The van der Waals surface area contributed by atoms with Crippen LogP contribution in [0.1, 0.15) is 18.9 Å². The molecule has 0 unspecified atom stereocenters. The average molecular weight is 250 g/mol. The molecule has 0 radical (unpaired) electrons. The molecule has 0 aliphatic carbocycles. The van der Waals surface area contributed by atoms with Gasteiger partial charge in [0.25, 0.3) is 0 Å². The highest BCUT2D eigenvalue weighted by atomic mass is 16.5. The van der Waals surface area contributed by atoms with Crippen molar-refractivity contribution in [2.75, 3.05) is 26.7 Å². The number of carbonyl (C=O) groups excluding carboxylic acids is 1. The van der Waals surface area contributed by atoms with Crippen molar-refractivity contribution in [1.29, 1.82) is 0 Å². The van der Waals surface area contributed by atoms with Gasteiger partial charge < -0.3 is 15.4 Å². The van der Waals surface area contributed by atoms with Crippen molar-refractivity contribution >= 4 is 5.91 Å². The van der Waals surface area contributed by atoms with Crippen LogP contribution in [0.3, 0.4) is 0 Å². The topological polar surface area (TPSA) is 50.4 Å². The van der Waals surface area contributed by atoms with E-state index in [0.29, 0.717) is 19.6 Å². The number of hydrogen-bond donors (Lipinski definition) is 2. The van der Waals surface area contributed by atoms with Crippen molar-refractivity contribution in [3.8, 4) is 5.75 Å². The molecule has 0 saturated carbocycles. The summed E-state index contributed by atoms with van der Waals surface area (Å²) >= 11 is 0. The third-order valence-electron chi connectivity index (χ3n) is 2.57. The van der Waals surface area contributed by atoms with Crippen LogP contribution in [0.4, 0.5) is 0 Å². The van der Waals surface area contributed by atoms with Gasteiger partial charge in [0.2, 0.25) is 5.91 Å². The Labute approximate surface area is 109 Å².